The van der Waals surface area contributed by atoms with Crippen LogP contribution in [-0.2, 0) is 14.3 Å². The molecule has 0 radical (unpaired) electrons. The normalized spacial score (nSPS) is 12.3. The van der Waals surface area contributed by atoms with E-state index in [1.54, 1.807) is 0 Å². The number of carbonyl (C=O) groups excluding carboxylic acids is 1. The summed E-state index contributed by atoms with van der Waals surface area (Å²) < 4.78 is 5.08. The molecule has 94 valence electrons. The first-order valence-corrected chi connectivity index (χ1v) is 5.44. The highest BCUT2D eigenvalue weighted by Gasteiger charge is 2.33. The van der Waals surface area contributed by atoms with Crippen molar-refractivity contribution in [1.29, 1.82) is 0 Å². The van der Waals surface area contributed by atoms with Gasteiger partial charge in [-0.05, 0) is 5.41 Å². The van der Waals surface area contributed by atoms with Gasteiger partial charge in [0, 0.05) is 5.41 Å². The molecule has 0 aliphatic rings. The zero-order valence-electron chi connectivity index (χ0n) is 10.8. The van der Waals surface area contributed by atoms with E-state index in [9.17, 15) is 9.59 Å². The lowest BCUT2D eigenvalue weighted by Crippen LogP contribution is -2.35. The number of rotatable bonds is 5. The van der Waals surface area contributed by atoms with Crippen LogP contribution >= 0.6 is 0 Å². The Hall–Kier alpha value is -1.06. The Morgan fingerprint density at radius 2 is 1.56 bits per heavy atom. The lowest BCUT2D eigenvalue weighted by atomic mass is 9.70. The molecule has 0 saturated carbocycles. The van der Waals surface area contributed by atoms with Gasteiger partial charge in [0.25, 0.3) is 0 Å². The zero-order chi connectivity index (χ0) is 13.0. The molecule has 0 rings (SSSR count). The molecule has 0 unspecified atom stereocenters. The first-order chi connectivity index (χ1) is 7.06. The molecule has 0 heterocycles. The van der Waals surface area contributed by atoms with E-state index in [0.29, 0.717) is 6.61 Å². The predicted molar refractivity (Wildman–Crippen MR) is 61.1 cm³/mol. The molecule has 4 heteroatoms. The Bertz CT molecular complexity index is 261. The fraction of sp³-hybridized carbons (Fsp3) is 0.833. The Kier molecular flexibility index (Phi) is 4.97. The van der Waals surface area contributed by atoms with E-state index in [2.05, 4.69) is 20.8 Å². The summed E-state index contributed by atoms with van der Waals surface area (Å²) in [4.78, 5) is 21.5. The lowest BCUT2D eigenvalue weighted by molar-refractivity contribution is -0.151. The SMILES string of the molecule is CC(C)(C)C(C)(C)COC(=O)CCC(=O)O. The average molecular weight is 230 g/mol. The first kappa shape index (κ1) is 14.9. The second kappa shape index (κ2) is 5.32. The van der Waals surface area contributed by atoms with E-state index >= 15 is 0 Å². The fourth-order valence-corrected chi connectivity index (χ4v) is 0.759. The van der Waals surface area contributed by atoms with Gasteiger partial charge in [-0.3, -0.25) is 9.59 Å². The third-order valence-electron chi connectivity index (χ3n) is 3.17. The van der Waals surface area contributed by atoms with Crippen molar-refractivity contribution in [3.8, 4) is 0 Å². The fourth-order valence-electron chi connectivity index (χ4n) is 0.759. The molecule has 0 fully saturated rings. The van der Waals surface area contributed by atoms with Crippen molar-refractivity contribution < 1.29 is 19.4 Å². The number of carbonyl (C=O) groups is 2. The van der Waals surface area contributed by atoms with Crippen LogP contribution in [0.15, 0.2) is 0 Å². The quantitative estimate of drug-likeness (QED) is 0.737. The maximum Gasteiger partial charge on any atom is 0.306 e. The van der Waals surface area contributed by atoms with E-state index < -0.39 is 11.9 Å². The number of ether oxygens (including phenoxy) is 1. The van der Waals surface area contributed by atoms with Crippen molar-refractivity contribution in [2.45, 2.75) is 47.5 Å². The van der Waals surface area contributed by atoms with Gasteiger partial charge in [0.15, 0.2) is 0 Å². The van der Waals surface area contributed by atoms with Crippen LogP contribution in [0.25, 0.3) is 0 Å². The van der Waals surface area contributed by atoms with Gasteiger partial charge in [-0.25, -0.2) is 0 Å². The summed E-state index contributed by atoms with van der Waals surface area (Å²) in [6.07, 6.45) is -0.232. The van der Waals surface area contributed by atoms with Crippen molar-refractivity contribution in [2.75, 3.05) is 6.61 Å². The number of carboxylic acids is 1. The third kappa shape index (κ3) is 5.14. The summed E-state index contributed by atoms with van der Waals surface area (Å²) in [5, 5.41) is 8.41. The number of aliphatic carboxylic acids is 1. The molecule has 0 aromatic heterocycles. The molecule has 1 N–H and O–H groups in total. The van der Waals surface area contributed by atoms with Crippen LogP contribution in [0.2, 0.25) is 0 Å². The van der Waals surface area contributed by atoms with Crippen LogP contribution in [-0.4, -0.2) is 23.7 Å². The van der Waals surface area contributed by atoms with Crippen LogP contribution in [0, 0.1) is 10.8 Å². The van der Waals surface area contributed by atoms with Gasteiger partial charge in [-0.1, -0.05) is 34.6 Å². The number of hydrogen-bond acceptors (Lipinski definition) is 3. The third-order valence-corrected chi connectivity index (χ3v) is 3.17. The highest BCUT2D eigenvalue weighted by Crippen LogP contribution is 2.37. The molecule has 0 aliphatic carbocycles. The standard InChI is InChI=1S/C12H22O4/c1-11(2,3)12(4,5)8-16-10(15)7-6-9(13)14/h6-8H2,1-5H3,(H,13,14). The summed E-state index contributed by atoms with van der Waals surface area (Å²) in [6, 6.07) is 0. The van der Waals surface area contributed by atoms with Crippen molar-refractivity contribution in [2.24, 2.45) is 10.8 Å². The van der Waals surface area contributed by atoms with E-state index in [-0.39, 0.29) is 23.7 Å². The van der Waals surface area contributed by atoms with Crippen molar-refractivity contribution in [3.05, 3.63) is 0 Å². The van der Waals surface area contributed by atoms with E-state index in [1.807, 2.05) is 13.8 Å². The number of carboxylic acid groups (broad SMARTS) is 1. The number of hydrogen-bond donors (Lipinski definition) is 1. The Morgan fingerprint density at radius 3 is 1.94 bits per heavy atom. The van der Waals surface area contributed by atoms with E-state index in [0.717, 1.165) is 0 Å². The second-order valence-electron chi connectivity index (χ2n) is 5.69. The predicted octanol–water partition coefficient (Wildman–Crippen LogP) is 2.47. The minimum atomic E-state index is -0.980. The summed E-state index contributed by atoms with van der Waals surface area (Å²) in [7, 11) is 0. The van der Waals surface area contributed by atoms with Crippen LogP contribution in [0.3, 0.4) is 0 Å². The van der Waals surface area contributed by atoms with Gasteiger partial charge >= 0.3 is 11.9 Å². The molecule has 0 atom stereocenters. The van der Waals surface area contributed by atoms with E-state index in [4.69, 9.17) is 9.84 Å². The van der Waals surface area contributed by atoms with Gasteiger partial charge in [0.05, 0.1) is 19.4 Å². The monoisotopic (exact) mass is 230 g/mol. The Balaban J connectivity index is 4.06. The van der Waals surface area contributed by atoms with Crippen molar-refractivity contribution >= 4 is 11.9 Å². The molecule has 0 bridgehead atoms. The van der Waals surface area contributed by atoms with Gasteiger partial charge < -0.3 is 9.84 Å². The van der Waals surface area contributed by atoms with Crippen molar-refractivity contribution in [1.82, 2.24) is 0 Å². The zero-order valence-corrected chi connectivity index (χ0v) is 10.8. The molecule has 0 spiro atoms. The first-order valence-electron chi connectivity index (χ1n) is 5.44. The molecule has 0 aliphatic heterocycles. The second-order valence-corrected chi connectivity index (χ2v) is 5.69. The summed E-state index contributed by atoms with van der Waals surface area (Å²) in [5.41, 5.74) is -0.105. The largest absolute Gasteiger partial charge is 0.481 e. The van der Waals surface area contributed by atoms with Crippen LogP contribution < -0.4 is 0 Å². The molecule has 0 amide bonds. The number of esters is 1. The molecule has 0 saturated heterocycles. The highest BCUT2D eigenvalue weighted by atomic mass is 16.5. The van der Waals surface area contributed by atoms with Crippen molar-refractivity contribution in [3.63, 3.8) is 0 Å². The van der Waals surface area contributed by atoms with Gasteiger partial charge in [0.2, 0.25) is 0 Å². The average Bonchev–Trinajstić information content (AvgIpc) is 2.09. The van der Waals surface area contributed by atoms with Crippen LogP contribution in [0.1, 0.15) is 47.5 Å². The summed E-state index contributed by atoms with van der Waals surface area (Å²) in [5.74, 6) is -1.42. The minimum absolute atomic E-state index is 0.0279. The summed E-state index contributed by atoms with van der Waals surface area (Å²) >= 11 is 0. The lowest BCUT2D eigenvalue weighted by Gasteiger charge is -2.38. The van der Waals surface area contributed by atoms with Gasteiger partial charge in [0.1, 0.15) is 0 Å². The maximum atomic E-state index is 11.2. The molecule has 0 aromatic carbocycles. The molecular weight excluding hydrogens is 208 g/mol. The topological polar surface area (TPSA) is 63.6 Å². The maximum absolute atomic E-state index is 11.2. The Labute approximate surface area is 97.0 Å². The smallest absolute Gasteiger partial charge is 0.306 e. The highest BCUT2D eigenvalue weighted by molar-refractivity contribution is 5.76. The minimum Gasteiger partial charge on any atom is -0.481 e. The van der Waals surface area contributed by atoms with Gasteiger partial charge in [-0.2, -0.15) is 0 Å². The molecule has 0 aromatic rings. The summed E-state index contributed by atoms with van der Waals surface area (Å²) in [6.45, 7) is 10.6. The van der Waals surface area contributed by atoms with Gasteiger partial charge in [-0.15, -0.1) is 0 Å². The molecular formula is C12H22O4. The van der Waals surface area contributed by atoms with E-state index in [1.165, 1.54) is 0 Å². The molecule has 4 nitrogen and oxygen atoms in total. The van der Waals surface area contributed by atoms with Crippen LogP contribution in [0.5, 0.6) is 0 Å². The molecule has 16 heavy (non-hydrogen) atoms. The van der Waals surface area contributed by atoms with Crippen LogP contribution in [0.4, 0.5) is 0 Å². The Morgan fingerprint density at radius 1 is 1.06 bits per heavy atom.